The Morgan fingerprint density at radius 3 is 2.20 bits per heavy atom. The van der Waals surface area contributed by atoms with Crippen molar-refractivity contribution in [1.29, 1.82) is 0 Å². The molecule has 6 nitrogen and oxygen atoms in total. The lowest BCUT2D eigenvalue weighted by molar-refractivity contribution is -0.148. The normalized spacial score (nSPS) is 10.8. The van der Waals surface area contributed by atoms with Crippen molar-refractivity contribution in [2.45, 2.75) is 41.0 Å². The summed E-state index contributed by atoms with van der Waals surface area (Å²) in [4.78, 5) is 36.3. The third kappa shape index (κ3) is 7.11. The molecule has 0 radical (unpaired) electrons. The molecule has 116 valence electrons. The van der Waals surface area contributed by atoms with Crippen LogP contribution in [-0.4, -0.2) is 48.9 Å². The van der Waals surface area contributed by atoms with E-state index >= 15 is 0 Å². The molecule has 0 fully saturated rings. The van der Waals surface area contributed by atoms with Crippen molar-refractivity contribution >= 4 is 17.8 Å². The van der Waals surface area contributed by atoms with Gasteiger partial charge in [-0.3, -0.25) is 14.4 Å². The summed E-state index contributed by atoms with van der Waals surface area (Å²) in [7, 11) is 0. The van der Waals surface area contributed by atoms with Crippen LogP contribution < -0.4 is 5.32 Å². The third-order valence-corrected chi connectivity index (χ3v) is 2.67. The van der Waals surface area contributed by atoms with E-state index in [4.69, 9.17) is 4.74 Å². The fourth-order valence-electron chi connectivity index (χ4n) is 1.45. The quantitative estimate of drug-likeness (QED) is 0.707. The second-order valence-electron chi connectivity index (χ2n) is 5.47. The lowest BCUT2D eigenvalue weighted by Gasteiger charge is -2.21. The number of esters is 1. The molecule has 0 aromatic heterocycles. The van der Waals surface area contributed by atoms with Crippen molar-refractivity contribution in [1.82, 2.24) is 10.2 Å². The van der Waals surface area contributed by atoms with Crippen molar-refractivity contribution in [3.8, 4) is 0 Å². The first-order valence-electron chi connectivity index (χ1n) is 6.94. The minimum Gasteiger partial charge on any atom is -0.465 e. The van der Waals surface area contributed by atoms with E-state index in [1.54, 1.807) is 13.8 Å². The Balaban J connectivity index is 4.17. The first-order valence-corrected chi connectivity index (χ1v) is 6.94. The van der Waals surface area contributed by atoms with Crippen molar-refractivity contribution in [2.24, 2.45) is 5.41 Å². The summed E-state index contributed by atoms with van der Waals surface area (Å²) < 4.78 is 4.81. The number of carbonyl (C=O) groups is 3. The van der Waals surface area contributed by atoms with Gasteiger partial charge in [0.1, 0.15) is 6.54 Å². The highest BCUT2D eigenvalue weighted by atomic mass is 16.5. The standard InChI is InChI=1S/C14H26N2O4/c1-6-16(10-12(18)20-7-2)11(17)8-9-15-13(19)14(3,4)5/h6-10H2,1-5H3,(H,15,19). The molecule has 0 aliphatic rings. The van der Waals surface area contributed by atoms with Gasteiger partial charge in [-0.15, -0.1) is 0 Å². The van der Waals surface area contributed by atoms with Crippen LogP contribution in [0.4, 0.5) is 0 Å². The number of nitrogens with zero attached hydrogens (tertiary/aromatic N) is 1. The number of rotatable bonds is 7. The average molecular weight is 286 g/mol. The summed E-state index contributed by atoms with van der Waals surface area (Å²) in [6.45, 7) is 9.90. The topological polar surface area (TPSA) is 75.7 Å². The van der Waals surface area contributed by atoms with Crippen molar-refractivity contribution < 1.29 is 19.1 Å². The number of ether oxygens (including phenoxy) is 1. The summed E-state index contributed by atoms with van der Waals surface area (Å²) in [6, 6.07) is 0. The molecule has 0 spiro atoms. The van der Waals surface area contributed by atoms with Gasteiger partial charge in [0.15, 0.2) is 0 Å². The van der Waals surface area contributed by atoms with Crippen LogP contribution in [-0.2, 0) is 19.1 Å². The second-order valence-corrected chi connectivity index (χ2v) is 5.47. The van der Waals surface area contributed by atoms with E-state index in [0.29, 0.717) is 13.2 Å². The maximum atomic E-state index is 11.9. The summed E-state index contributed by atoms with van der Waals surface area (Å²) >= 11 is 0. The minimum atomic E-state index is -0.474. The molecule has 0 saturated carbocycles. The molecule has 2 amide bonds. The van der Waals surface area contributed by atoms with Crippen molar-refractivity contribution in [3.05, 3.63) is 0 Å². The van der Waals surface area contributed by atoms with Gasteiger partial charge in [0.2, 0.25) is 11.8 Å². The summed E-state index contributed by atoms with van der Waals surface area (Å²) in [5, 5.41) is 2.71. The summed E-state index contributed by atoms with van der Waals surface area (Å²) in [5.41, 5.74) is -0.474. The number of amides is 2. The molecular formula is C14H26N2O4. The zero-order chi connectivity index (χ0) is 15.8. The molecule has 0 aromatic carbocycles. The molecule has 1 N–H and O–H groups in total. The zero-order valence-electron chi connectivity index (χ0n) is 13.1. The van der Waals surface area contributed by atoms with Gasteiger partial charge in [-0.2, -0.15) is 0 Å². The maximum Gasteiger partial charge on any atom is 0.325 e. The molecule has 20 heavy (non-hydrogen) atoms. The van der Waals surface area contributed by atoms with E-state index in [2.05, 4.69) is 5.32 Å². The van der Waals surface area contributed by atoms with E-state index in [0.717, 1.165) is 0 Å². The Morgan fingerprint density at radius 2 is 1.75 bits per heavy atom. The van der Waals surface area contributed by atoms with Crippen LogP contribution in [0.1, 0.15) is 41.0 Å². The van der Waals surface area contributed by atoms with Gasteiger partial charge in [-0.25, -0.2) is 0 Å². The van der Waals surface area contributed by atoms with E-state index in [-0.39, 0.29) is 31.3 Å². The fourth-order valence-corrected chi connectivity index (χ4v) is 1.45. The Morgan fingerprint density at radius 1 is 1.15 bits per heavy atom. The molecule has 0 aromatic rings. The third-order valence-electron chi connectivity index (χ3n) is 2.67. The van der Waals surface area contributed by atoms with Gasteiger partial charge >= 0.3 is 5.97 Å². The zero-order valence-corrected chi connectivity index (χ0v) is 13.1. The smallest absolute Gasteiger partial charge is 0.325 e. The van der Waals surface area contributed by atoms with Gasteiger partial charge in [-0.05, 0) is 13.8 Å². The summed E-state index contributed by atoms with van der Waals surface area (Å²) in [6.07, 6.45) is 0.176. The molecule has 6 heteroatoms. The van der Waals surface area contributed by atoms with Gasteiger partial charge in [0.25, 0.3) is 0 Å². The van der Waals surface area contributed by atoms with Crippen LogP contribution in [0.2, 0.25) is 0 Å². The van der Waals surface area contributed by atoms with Gasteiger partial charge in [0.05, 0.1) is 6.61 Å². The molecule has 0 rings (SSSR count). The van der Waals surface area contributed by atoms with Gasteiger partial charge < -0.3 is 15.0 Å². The van der Waals surface area contributed by atoms with Gasteiger partial charge in [-0.1, -0.05) is 20.8 Å². The van der Waals surface area contributed by atoms with Crippen LogP contribution >= 0.6 is 0 Å². The van der Waals surface area contributed by atoms with Crippen LogP contribution in [0.3, 0.4) is 0 Å². The van der Waals surface area contributed by atoms with Crippen LogP contribution in [0.5, 0.6) is 0 Å². The first-order chi connectivity index (χ1) is 9.22. The number of hydrogen-bond donors (Lipinski definition) is 1. The Labute approximate surface area is 120 Å². The monoisotopic (exact) mass is 286 g/mol. The largest absolute Gasteiger partial charge is 0.465 e. The molecule has 0 atom stereocenters. The van der Waals surface area contributed by atoms with Crippen LogP contribution in [0.25, 0.3) is 0 Å². The number of hydrogen-bond acceptors (Lipinski definition) is 4. The van der Waals surface area contributed by atoms with E-state index in [1.165, 1.54) is 4.90 Å². The first kappa shape index (κ1) is 18.4. The Bertz CT molecular complexity index is 348. The maximum absolute atomic E-state index is 11.9. The summed E-state index contributed by atoms with van der Waals surface area (Å²) in [5.74, 6) is -0.685. The molecule has 0 aliphatic carbocycles. The predicted octanol–water partition coefficient (Wildman–Crippen LogP) is 0.950. The SMILES string of the molecule is CCOC(=O)CN(CC)C(=O)CCNC(=O)C(C)(C)C. The molecule has 0 aliphatic heterocycles. The van der Waals surface area contributed by atoms with E-state index in [1.807, 2.05) is 20.8 Å². The van der Waals surface area contributed by atoms with E-state index < -0.39 is 11.4 Å². The number of carbonyl (C=O) groups excluding carboxylic acids is 3. The Hall–Kier alpha value is -1.59. The molecular weight excluding hydrogens is 260 g/mol. The van der Waals surface area contributed by atoms with Gasteiger partial charge in [0, 0.05) is 24.9 Å². The van der Waals surface area contributed by atoms with Crippen molar-refractivity contribution in [3.63, 3.8) is 0 Å². The fraction of sp³-hybridized carbons (Fsp3) is 0.786. The van der Waals surface area contributed by atoms with E-state index in [9.17, 15) is 14.4 Å². The lowest BCUT2D eigenvalue weighted by atomic mass is 9.96. The highest BCUT2D eigenvalue weighted by molar-refractivity contribution is 5.84. The van der Waals surface area contributed by atoms with Crippen LogP contribution in [0, 0.1) is 5.41 Å². The molecule has 0 saturated heterocycles. The highest BCUT2D eigenvalue weighted by Gasteiger charge is 2.21. The minimum absolute atomic E-state index is 0.0452. The molecule has 0 heterocycles. The highest BCUT2D eigenvalue weighted by Crippen LogP contribution is 2.12. The second kappa shape index (κ2) is 8.55. The number of nitrogens with one attached hydrogen (secondary N) is 1. The lowest BCUT2D eigenvalue weighted by Crippen LogP contribution is -2.40. The van der Waals surface area contributed by atoms with Crippen molar-refractivity contribution in [2.75, 3.05) is 26.2 Å². The number of likely N-dealkylation sites (N-methyl/N-ethyl adjacent to an activating group) is 1. The Kier molecular flexibility index (Phi) is 7.87. The molecule has 0 bridgehead atoms. The average Bonchev–Trinajstić information content (AvgIpc) is 2.34. The van der Waals surface area contributed by atoms with Crippen LogP contribution in [0.15, 0.2) is 0 Å². The predicted molar refractivity (Wildman–Crippen MR) is 76.0 cm³/mol. The molecule has 0 unspecified atom stereocenters.